The van der Waals surface area contributed by atoms with E-state index in [1.807, 2.05) is 25.1 Å². The summed E-state index contributed by atoms with van der Waals surface area (Å²) in [7, 11) is 0. The van der Waals surface area contributed by atoms with Crippen LogP contribution in [-0.2, 0) is 0 Å². The number of halogens is 2. The summed E-state index contributed by atoms with van der Waals surface area (Å²) in [5.41, 5.74) is 8.89. The monoisotopic (exact) mass is 588 g/mol. The van der Waals surface area contributed by atoms with E-state index in [1.54, 1.807) is 10.7 Å². The molecule has 0 bridgehead atoms. The Labute approximate surface area is 246 Å². The highest BCUT2D eigenvalue weighted by molar-refractivity contribution is 5.99. The van der Waals surface area contributed by atoms with E-state index in [0.29, 0.717) is 33.4 Å². The van der Waals surface area contributed by atoms with Crippen LogP contribution in [0.4, 0.5) is 10.2 Å². The molecule has 216 valence electrons. The van der Waals surface area contributed by atoms with Crippen molar-refractivity contribution in [1.82, 2.24) is 24.6 Å². The van der Waals surface area contributed by atoms with Crippen molar-refractivity contribution in [3.8, 4) is 17.0 Å². The summed E-state index contributed by atoms with van der Waals surface area (Å²) < 4.78 is 22.0. The number of nitrogens with two attached hydrogens (primary N) is 1. The smallest absolute Gasteiger partial charge is 0.343 e. The molecule has 11 heteroatoms. The molecule has 3 aromatic heterocycles. The maximum atomic E-state index is 14.3. The van der Waals surface area contributed by atoms with Gasteiger partial charge in [-0.3, -0.25) is 4.90 Å². The van der Waals surface area contributed by atoms with Gasteiger partial charge in [-0.25, -0.2) is 23.8 Å². The Hall–Kier alpha value is -4.28. The Morgan fingerprint density at radius 3 is 2.67 bits per heavy atom. The molecular weight excluding hydrogens is 559 g/mol. The van der Waals surface area contributed by atoms with Crippen LogP contribution in [0, 0.1) is 11.7 Å². The van der Waals surface area contributed by atoms with Crippen molar-refractivity contribution in [2.45, 2.75) is 32.2 Å². The van der Waals surface area contributed by atoms with Crippen molar-refractivity contribution in [1.29, 1.82) is 0 Å². The van der Waals surface area contributed by atoms with E-state index in [4.69, 9.17) is 15.2 Å². The van der Waals surface area contributed by atoms with E-state index < -0.39 is 17.5 Å². The highest BCUT2D eigenvalue weighted by atomic mass is 35.5. The first-order chi connectivity index (χ1) is 19.9. The van der Waals surface area contributed by atoms with Crippen molar-refractivity contribution < 1.29 is 13.9 Å². The zero-order valence-electron chi connectivity index (χ0n) is 23.0. The standard InChI is InChI=1S/C31H29FN6O3.ClH/c1-17(38-30-26(29(33)34-16-35-30)27(36-38)20-12-21(32)14-22(39)13-20)28-25(23-4-2-3-5-24(23)31(40)41-28)19-8-10-37(11-9-19)15-18-6-7-18;/h2-5,8,12-14,16-18,39H,6-7,9-11,15H2,1H3,(H2,33,34,35);1H. The number of rotatable bonds is 6. The lowest BCUT2D eigenvalue weighted by atomic mass is 9.92. The number of hydrogen-bond acceptors (Lipinski definition) is 8. The first-order valence-electron chi connectivity index (χ1n) is 13.8. The Kier molecular flexibility index (Phi) is 7.20. The highest BCUT2D eigenvalue weighted by Crippen LogP contribution is 2.39. The van der Waals surface area contributed by atoms with Crippen LogP contribution in [0.1, 0.15) is 43.6 Å². The quantitative estimate of drug-likeness (QED) is 0.264. The Morgan fingerprint density at radius 1 is 1.17 bits per heavy atom. The lowest BCUT2D eigenvalue weighted by molar-refractivity contribution is 0.289. The van der Waals surface area contributed by atoms with Crippen LogP contribution in [-0.4, -0.2) is 49.4 Å². The van der Waals surface area contributed by atoms with Gasteiger partial charge < -0.3 is 15.3 Å². The molecule has 5 aromatic rings. The maximum Gasteiger partial charge on any atom is 0.343 e. The molecule has 0 spiro atoms. The molecule has 2 aliphatic rings. The summed E-state index contributed by atoms with van der Waals surface area (Å²) >= 11 is 0. The zero-order chi connectivity index (χ0) is 28.2. The second-order valence-corrected chi connectivity index (χ2v) is 11.0. The third kappa shape index (κ3) is 4.90. The molecule has 4 heterocycles. The third-order valence-electron chi connectivity index (χ3n) is 8.11. The maximum absolute atomic E-state index is 14.3. The van der Waals surface area contributed by atoms with Gasteiger partial charge in [-0.05, 0) is 61.3 Å². The first-order valence-corrected chi connectivity index (χ1v) is 13.8. The Balaban J connectivity index is 0.00000316. The van der Waals surface area contributed by atoms with Crippen LogP contribution < -0.4 is 11.4 Å². The van der Waals surface area contributed by atoms with Crippen molar-refractivity contribution >= 4 is 45.6 Å². The fourth-order valence-electron chi connectivity index (χ4n) is 5.90. The number of hydrogen-bond donors (Lipinski definition) is 2. The zero-order valence-corrected chi connectivity index (χ0v) is 23.8. The molecular formula is C31H30ClFN6O3. The summed E-state index contributed by atoms with van der Waals surface area (Å²) in [5, 5.41) is 16.6. The third-order valence-corrected chi connectivity index (χ3v) is 8.11. The van der Waals surface area contributed by atoms with Crippen LogP contribution in [0.5, 0.6) is 5.75 Å². The normalized spacial score (nSPS) is 16.4. The van der Waals surface area contributed by atoms with Gasteiger partial charge in [-0.1, -0.05) is 24.3 Å². The van der Waals surface area contributed by atoms with Gasteiger partial charge in [-0.2, -0.15) is 5.10 Å². The molecule has 1 aliphatic heterocycles. The van der Waals surface area contributed by atoms with Crippen LogP contribution in [0.15, 0.2) is 64.1 Å². The second kappa shape index (κ2) is 10.8. The average Bonchev–Trinajstić information content (AvgIpc) is 3.69. The predicted molar refractivity (Wildman–Crippen MR) is 162 cm³/mol. The molecule has 9 nitrogen and oxygen atoms in total. The van der Waals surface area contributed by atoms with Crippen LogP contribution in [0.2, 0.25) is 0 Å². The number of nitrogens with zero attached hydrogens (tertiary/aromatic N) is 5. The average molecular weight is 589 g/mol. The van der Waals surface area contributed by atoms with Gasteiger partial charge in [0.25, 0.3) is 0 Å². The Bertz CT molecular complexity index is 1890. The number of anilines is 1. The summed E-state index contributed by atoms with van der Waals surface area (Å²) in [6.45, 7) is 4.79. The summed E-state index contributed by atoms with van der Waals surface area (Å²) in [6, 6.07) is 10.6. The van der Waals surface area contributed by atoms with Gasteiger partial charge >= 0.3 is 5.63 Å². The molecule has 1 atom stereocenters. The van der Waals surface area contributed by atoms with Gasteiger partial charge in [-0.15, -0.1) is 12.4 Å². The molecule has 0 radical (unpaired) electrons. The minimum absolute atomic E-state index is 0. The van der Waals surface area contributed by atoms with Crippen molar-refractivity contribution in [3.05, 3.63) is 82.4 Å². The van der Waals surface area contributed by atoms with E-state index in [9.17, 15) is 14.3 Å². The van der Waals surface area contributed by atoms with Crippen LogP contribution >= 0.6 is 12.4 Å². The minimum Gasteiger partial charge on any atom is -0.508 e. The van der Waals surface area contributed by atoms with Gasteiger partial charge in [0.15, 0.2) is 5.65 Å². The number of aromatic hydroxyl groups is 1. The Morgan fingerprint density at radius 2 is 1.95 bits per heavy atom. The predicted octanol–water partition coefficient (Wildman–Crippen LogP) is 5.56. The van der Waals surface area contributed by atoms with Gasteiger partial charge in [0.05, 0.1) is 10.8 Å². The second-order valence-electron chi connectivity index (χ2n) is 11.0. The molecule has 1 saturated carbocycles. The van der Waals surface area contributed by atoms with Gasteiger partial charge in [0.1, 0.15) is 41.2 Å². The largest absolute Gasteiger partial charge is 0.508 e. The van der Waals surface area contributed by atoms with Gasteiger partial charge in [0, 0.05) is 36.8 Å². The molecule has 2 aromatic carbocycles. The number of fused-ring (bicyclic) bond motifs is 2. The molecule has 7 rings (SSSR count). The fourth-order valence-corrected chi connectivity index (χ4v) is 5.90. The summed E-state index contributed by atoms with van der Waals surface area (Å²) in [6.07, 6.45) is 7.03. The van der Waals surface area contributed by atoms with Gasteiger partial charge in [0.2, 0.25) is 0 Å². The van der Waals surface area contributed by atoms with Crippen molar-refractivity contribution in [3.63, 3.8) is 0 Å². The van der Waals surface area contributed by atoms with Crippen LogP contribution in [0.25, 0.3) is 38.6 Å². The number of phenolic OH excluding ortho intramolecular Hbond substituents is 1. The fraction of sp³-hybridized carbons (Fsp3) is 0.290. The molecule has 1 unspecified atom stereocenters. The van der Waals surface area contributed by atoms with Crippen molar-refractivity contribution in [2.75, 3.05) is 25.4 Å². The molecule has 0 amide bonds. The van der Waals surface area contributed by atoms with E-state index in [1.165, 1.54) is 31.3 Å². The number of nitrogen functional groups attached to an aromatic ring is 1. The van der Waals surface area contributed by atoms with E-state index >= 15 is 0 Å². The SMILES string of the molecule is CC(c1oc(=O)c2ccccc2c1C1=CCN(CC2CC2)CC1)n1nc(-c2cc(O)cc(F)c2)c2c(N)ncnc21.Cl. The molecule has 42 heavy (non-hydrogen) atoms. The first kappa shape index (κ1) is 27.9. The minimum atomic E-state index is -0.617. The highest BCUT2D eigenvalue weighted by Gasteiger charge is 2.30. The molecule has 0 saturated heterocycles. The molecule has 1 fully saturated rings. The van der Waals surface area contributed by atoms with E-state index in [-0.39, 0.29) is 24.0 Å². The lowest BCUT2D eigenvalue weighted by Crippen LogP contribution is -2.30. The van der Waals surface area contributed by atoms with Crippen LogP contribution in [0.3, 0.4) is 0 Å². The molecule has 1 aliphatic carbocycles. The summed E-state index contributed by atoms with van der Waals surface area (Å²) in [4.78, 5) is 24.3. The van der Waals surface area contributed by atoms with E-state index in [0.717, 1.165) is 54.6 Å². The summed E-state index contributed by atoms with van der Waals surface area (Å²) in [5.74, 6) is 0.583. The molecule has 3 N–H and O–H groups in total. The van der Waals surface area contributed by atoms with E-state index in [2.05, 4.69) is 20.9 Å². The number of aromatic nitrogens is 4. The number of phenols is 1. The van der Waals surface area contributed by atoms with Crippen molar-refractivity contribution in [2.24, 2.45) is 5.92 Å². The lowest BCUT2D eigenvalue weighted by Gasteiger charge is -2.28. The topological polar surface area (TPSA) is 123 Å². The number of benzene rings is 2.